The first kappa shape index (κ1) is 15.6. The molecule has 112 valence electrons. The predicted octanol–water partition coefficient (Wildman–Crippen LogP) is 2.54. The van der Waals surface area contributed by atoms with Gasteiger partial charge in [0, 0.05) is 5.41 Å². The Hall–Kier alpha value is -1.80. The number of nitrogens with one attached hydrogen (secondary N) is 1. The predicted molar refractivity (Wildman–Crippen MR) is 88.2 cm³/mol. The molecule has 0 amide bonds. The van der Waals surface area contributed by atoms with Crippen LogP contribution in [0.2, 0.25) is 0 Å². The second-order valence-corrected chi connectivity index (χ2v) is 6.32. The molecule has 0 aliphatic rings. The van der Waals surface area contributed by atoms with Gasteiger partial charge in [0.15, 0.2) is 0 Å². The largest absolute Gasteiger partial charge is 0.488 e. The van der Waals surface area contributed by atoms with E-state index in [2.05, 4.69) is 82.5 Å². The molecule has 0 radical (unpaired) electrons. The minimum Gasteiger partial charge on any atom is -0.488 e. The van der Waals surface area contributed by atoms with Gasteiger partial charge >= 0.3 is 0 Å². The molecule has 0 fully saturated rings. The van der Waals surface area contributed by atoms with E-state index >= 15 is 0 Å². The molecule has 0 saturated heterocycles. The maximum absolute atomic E-state index is 5.77. The average Bonchev–Trinajstić information content (AvgIpc) is 2.48. The van der Waals surface area contributed by atoms with Gasteiger partial charge in [-0.05, 0) is 23.3 Å². The first-order valence-corrected chi connectivity index (χ1v) is 7.58. The normalized spacial score (nSPS) is 11.7. The molecule has 2 aromatic rings. The second-order valence-electron chi connectivity index (χ2n) is 6.32. The Labute approximate surface area is 128 Å². The first-order chi connectivity index (χ1) is 10.00. The number of rotatable bonds is 6. The van der Waals surface area contributed by atoms with E-state index in [1.807, 2.05) is 0 Å². The van der Waals surface area contributed by atoms with E-state index in [0.29, 0.717) is 0 Å². The van der Waals surface area contributed by atoms with Gasteiger partial charge in [-0.2, -0.15) is 0 Å². The summed E-state index contributed by atoms with van der Waals surface area (Å²) in [6, 6.07) is 19.1. The smallest absolute Gasteiger partial charge is 0.137 e. The fourth-order valence-electron chi connectivity index (χ4n) is 2.36. The molecule has 1 N–H and O–H groups in total. The van der Waals surface area contributed by atoms with Crippen LogP contribution in [0.15, 0.2) is 54.6 Å². The summed E-state index contributed by atoms with van der Waals surface area (Å²) in [6.45, 7) is 6.28. The highest BCUT2D eigenvalue weighted by molar-refractivity contribution is 5.39. The van der Waals surface area contributed by atoms with E-state index in [1.165, 1.54) is 16.0 Å². The first-order valence-electron chi connectivity index (χ1n) is 7.58. The van der Waals surface area contributed by atoms with E-state index < -0.39 is 0 Å². The molecule has 0 aliphatic carbocycles. The van der Waals surface area contributed by atoms with Crippen LogP contribution in [-0.2, 0) is 5.41 Å². The lowest BCUT2D eigenvalue weighted by Gasteiger charge is -2.26. The zero-order chi connectivity index (χ0) is 15.3. The molecule has 0 heterocycles. The van der Waals surface area contributed by atoms with Gasteiger partial charge in [0.2, 0.25) is 0 Å². The van der Waals surface area contributed by atoms with E-state index in [4.69, 9.17) is 4.74 Å². The minimum atomic E-state index is 0.00751. The van der Waals surface area contributed by atoms with Crippen molar-refractivity contribution in [2.45, 2.75) is 19.3 Å². The summed E-state index contributed by atoms with van der Waals surface area (Å²) >= 11 is 0. The molecule has 21 heavy (non-hydrogen) atoms. The summed E-state index contributed by atoms with van der Waals surface area (Å²) < 4.78 is 5.77. The topological polar surface area (TPSA) is 13.7 Å². The Morgan fingerprint density at radius 2 is 1.43 bits per heavy atom. The van der Waals surface area contributed by atoms with Crippen molar-refractivity contribution in [1.82, 2.24) is 0 Å². The number of ether oxygens (including phenoxy) is 1. The van der Waals surface area contributed by atoms with Crippen molar-refractivity contribution in [3.8, 4) is 5.75 Å². The molecule has 0 saturated carbocycles. The van der Waals surface area contributed by atoms with Crippen LogP contribution < -0.4 is 9.64 Å². The number of hydrogen-bond donors (Lipinski definition) is 1. The van der Waals surface area contributed by atoms with Gasteiger partial charge < -0.3 is 9.64 Å². The van der Waals surface area contributed by atoms with Gasteiger partial charge in [-0.25, -0.2) is 0 Å². The minimum absolute atomic E-state index is 0.00751. The molecule has 2 aromatic carbocycles. The maximum Gasteiger partial charge on any atom is 0.137 e. The quantitative estimate of drug-likeness (QED) is 0.860. The van der Waals surface area contributed by atoms with Crippen LogP contribution in [0.3, 0.4) is 0 Å². The Kier molecular flexibility index (Phi) is 5.03. The number of hydrogen-bond acceptors (Lipinski definition) is 1. The molecule has 0 aliphatic heterocycles. The zero-order valence-corrected chi connectivity index (χ0v) is 13.5. The molecular formula is C19H26NO+. The van der Waals surface area contributed by atoms with E-state index in [9.17, 15) is 0 Å². The van der Waals surface area contributed by atoms with Gasteiger partial charge in [0.05, 0.1) is 14.1 Å². The van der Waals surface area contributed by atoms with Crippen molar-refractivity contribution >= 4 is 0 Å². The highest BCUT2D eigenvalue weighted by atomic mass is 16.5. The van der Waals surface area contributed by atoms with Crippen LogP contribution in [0.25, 0.3) is 0 Å². The lowest BCUT2D eigenvalue weighted by Crippen LogP contribution is -3.06. The van der Waals surface area contributed by atoms with Gasteiger partial charge in [0.1, 0.15) is 18.9 Å². The highest BCUT2D eigenvalue weighted by Gasteiger charge is 2.22. The lowest BCUT2D eigenvalue weighted by atomic mass is 9.78. The maximum atomic E-state index is 5.77. The van der Waals surface area contributed by atoms with Gasteiger partial charge in [0.25, 0.3) is 0 Å². The molecule has 0 unspecified atom stereocenters. The third-order valence-corrected chi connectivity index (χ3v) is 3.94. The lowest BCUT2D eigenvalue weighted by molar-refractivity contribution is -0.858. The molecule has 2 nitrogen and oxygen atoms in total. The second kappa shape index (κ2) is 6.77. The Balaban J connectivity index is 2.08. The molecule has 0 spiro atoms. The Morgan fingerprint density at radius 1 is 0.857 bits per heavy atom. The Bertz CT molecular complexity index is 544. The number of benzene rings is 2. The van der Waals surface area contributed by atoms with Crippen molar-refractivity contribution in [3.63, 3.8) is 0 Å². The fraction of sp³-hybridized carbons (Fsp3) is 0.368. The van der Waals surface area contributed by atoms with Crippen LogP contribution >= 0.6 is 0 Å². The van der Waals surface area contributed by atoms with Gasteiger partial charge in [-0.15, -0.1) is 0 Å². The molecule has 2 rings (SSSR count). The van der Waals surface area contributed by atoms with Crippen molar-refractivity contribution in [2.24, 2.45) is 0 Å². The summed E-state index contributed by atoms with van der Waals surface area (Å²) in [7, 11) is 4.27. The third kappa shape index (κ3) is 4.08. The number of quaternary nitrogens is 1. The van der Waals surface area contributed by atoms with Crippen molar-refractivity contribution in [1.29, 1.82) is 0 Å². The van der Waals surface area contributed by atoms with Crippen molar-refractivity contribution in [3.05, 3.63) is 65.7 Å². The summed E-state index contributed by atoms with van der Waals surface area (Å²) in [5, 5.41) is 0. The fourth-order valence-corrected chi connectivity index (χ4v) is 2.36. The van der Waals surface area contributed by atoms with Gasteiger partial charge in [-0.1, -0.05) is 56.3 Å². The van der Waals surface area contributed by atoms with Crippen LogP contribution in [-0.4, -0.2) is 27.2 Å². The molecule has 0 bridgehead atoms. The summed E-state index contributed by atoms with van der Waals surface area (Å²) in [4.78, 5) is 1.40. The monoisotopic (exact) mass is 284 g/mol. The van der Waals surface area contributed by atoms with E-state index in [1.54, 1.807) is 0 Å². The SMILES string of the molecule is C[NH+](C)CCOc1ccc(C(C)(C)c2ccccc2)cc1. The highest BCUT2D eigenvalue weighted by Crippen LogP contribution is 2.32. The van der Waals surface area contributed by atoms with Crippen LogP contribution in [0.4, 0.5) is 0 Å². The average molecular weight is 284 g/mol. The summed E-state index contributed by atoms with van der Waals surface area (Å²) in [6.07, 6.45) is 0. The van der Waals surface area contributed by atoms with E-state index in [0.717, 1.165) is 18.9 Å². The summed E-state index contributed by atoms with van der Waals surface area (Å²) in [5.74, 6) is 0.948. The Morgan fingerprint density at radius 3 is 2.00 bits per heavy atom. The molecule has 0 atom stereocenters. The molecular weight excluding hydrogens is 258 g/mol. The summed E-state index contributed by atoms with van der Waals surface area (Å²) in [5.41, 5.74) is 2.64. The standard InChI is InChI=1S/C19H25NO/c1-19(2,16-8-6-5-7-9-16)17-10-12-18(13-11-17)21-15-14-20(3)4/h5-13H,14-15H2,1-4H3/p+1. The molecule has 2 heteroatoms. The van der Waals surface area contributed by atoms with Crippen molar-refractivity contribution < 1.29 is 9.64 Å². The third-order valence-electron chi connectivity index (χ3n) is 3.94. The zero-order valence-electron chi connectivity index (χ0n) is 13.5. The van der Waals surface area contributed by atoms with Crippen LogP contribution in [0.1, 0.15) is 25.0 Å². The van der Waals surface area contributed by atoms with Gasteiger partial charge in [-0.3, -0.25) is 0 Å². The number of likely N-dealkylation sites (N-methyl/N-ethyl adjacent to an activating group) is 1. The van der Waals surface area contributed by atoms with Crippen LogP contribution in [0, 0.1) is 0 Å². The van der Waals surface area contributed by atoms with Crippen LogP contribution in [0.5, 0.6) is 5.75 Å². The van der Waals surface area contributed by atoms with Crippen molar-refractivity contribution in [2.75, 3.05) is 27.2 Å². The van der Waals surface area contributed by atoms with E-state index in [-0.39, 0.29) is 5.41 Å². The molecule has 0 aromatic heterocycles.